The van der Waals surface area contributed by atoms with Crippen molar-refractivity contribution in [2.24, 2.45) is 0 Å². The first-order chi connectivity index (χ1) is 8.02. The molecule has 94 valence electrons. The summed E-state index contributed by atoms with van der Waals surface area (Å²) in [4.78, 5) is 17.3. The number of hydrogen-bond acceptors (Lipinski definition) is 6. The van der Waals surface area contributed by atoms with Crippen molar-refractivity contribution in [2.45, 2.75) is 24.7 Å². The lowest BCUT2D eigenvalue weighted by molar-refractivity contribution is -0.0238. The number of nitrogens with two attached hydrogens (primary N) is 1. The second kappa shape index (κ2) is 4.88. The number of anilines is 1. The average molecular weight is 353 g/mol. The molecule has 0 aromatic carbocycles. The molecular weight excluding hydrogens is 341 g/mol. The Morgan fingerprint density at radius 2 is 2.35 bits per heavy atom. The van der Waals surface area contributed by atoms with E-state index in [2.05, 4.69) is 9.97 Å². The van der Waals surface area contributed by atoms with Crippen LogP contribution in [0.2, 0.25) is 0 Å². The molecule has 7 nitrogen and oxygen atoms in total. The molecule has 0 amide bonds. The number of H-pyrrole nitrogens is 1. The summed E-state index contributed by atoms with van der Waals surface area (Å²) in [6.07, 6.45) is -1.56. The fourth-order valence-corrected chi connectivity index (χ4v) is 2.40. The predicted octanol–water partition coefficient (Wildman–Crippen LogP) is -0.860. The van der Waals surface area contributed by atoms with E-state index < -0.39 is 24.0 Å². The zero-order valence-electron chi connectivity index (χ0n) is 8.76. The SMILES string of the molecule is Nc1nc(=O)[nH]c([C@H]2C[C@H](O)[C@@H](CO)O2)c1I. The van der Waals surface area contributed by atoms with Crippen LogP contribution in [0.25, 0.3) is 0 Å². The third kappa shape index (κ3) is 2.44. The van der Waals surface area contributed by atoms with Gasteiger partial charge < -0.3 is 25.7 Å². The molecule has 0 aliphatic carbocycles. The fraction of sp³-hybridized carbons (Fsp3) is 0.556. The van der Waals surface area contributed by atoms with Crippen LogP contribution in [-0.2, 0) is 4.74 Å². The van der Waals surface area contributed by atoms with Crippen molar-refractivity contribution in [1.29, 1.82) is 0 Å². The number of aliphatic hydroxyl groups excluding tert-OH is 2. The third-order valence-corrected chi connectivity index (χ3v) is 3.78. The molecule has 1 saturated heterocycles. The Kier molecular flexibility index (Phi) is 3.66. The molecule has 1 aliphatic heterocycles. The highest BCUT2D eigenvalue weighted by Gasteiger charge is 2.36. The van der Waals surface area contributed by atoms with E-state index in [0.29, 0.717) is 15.7 Å². The summed E-state index contributed by atoms with van der Waals surface area (Å²) in [5.74, 6) is 0.134. The van der Waals surface area contributed by atoms with E-state index in [-0.39, 0.29) is 12.4 Å². The molecule has 0 spiro atoms. The summed E-state index contributed by atoms with van der Waals surface area (Å²) >= 11 is 1.96. The topological polar surface area (TPSA) is 121 Å². The van der Waals surface area contributed by atoms with E-state index in [1.54, 1.807) is 0 Å². The lowest BCUT2D eigenvalue weighted by Crippen LogP contribution is -2.24. The number of aliphatic hydroxyl groups is 2. The van der Waals surface area contributed by atoms with Crippen molar-refractivity contribution in [3.05, 3.63) is 19.7 Å². The Bertz CT molecular complexity index is 478. The molecule has 2 rings (SSSR count). The van der Waals surface area contributed by atoms with Crippen molar-refractivity contribution in [1.82, 2.24) is 9.97 Å². The summed E-state index contributed by atoms with van der Waals surface area (Å²) in [6.45, 7) is -0.265. The second-order valence-corrected chi connectivity index (χ2v) is 4.88. The van der Waals surface area contributed by atoms with Crippen LogP contribution in [0, 0.1) is 3.57 Å². The molecule has 1 aromatic heterocycles. The Balaban J connectivity index is 2.33. The van der Waals surface area contributed by atoms with Crippen LogP contribution < -0.4 is 11.4 Å². The number of aromatic nitrogens is 2. The van der Waals surface area contributed by atoms with Crippen LogP contribution in [-0.4, -0.2) is 39.0 Å². The van der Waals surface area contributed by atoms with E-state index in [1.807, 2.05) is 22.6 Å². The van der Waals surface area contributed by atoms with E-state index in [1.165, 1.54) is 0 Å². The third-order valence-electron chi connectivity index (χ3n) is 2.65. The predicted molar refractivity (Wildman–Crippen MR) is 67.3 cm³/mol. The molecule has 3 atom stereocenters. The summed E-state index contributed by atoms with van der Waals surface area (Å²) in [5, 5.41) is 18.6. The highest BCUT2D eigenvalue weighted by molar-refractivity contribution is 14.1. The lowest BCUT2D eigenvalue weighted by atomic mass is 10.1. The number of rotatable bonds is 2. The van der Waals surface area contributed by atoms with Gasteiger partial charge in [0.05, 0.1) is 22.0 Å². The summed E-state index contributed by atoms with van der Waals surface area (Å²) in [5.41, 5.74) is 5.53. The van der Waals surface area contributed by atoms with E-state index >= 15 is 0 Å². The smallest absolute Gasteiger partial charge is 0.347 e. The number of nitrogen functional groups attached to an aromatic ring is 1. The normalized spacial score (nSPS) is 28.5. The van der Waals surface area contributed by atoms with Crippen molar-refractivity contribution >= 4 is 28.4 Å². The lowest BCUT2D eigenvalue weighted by Gasteiger charge is -2.13. The molecule has 1 aromatic rings. The molecule has 0 radical (unpaired) electrons. The summed E-state index contributed by atoms with van der Waals surface area (Å²) in [7, 11) is 0. The van der Waals surface area contributed by atoms with Gasteiger partial charge in [0.25, 0.3) is 0 Å². The van der Waals surface area contributed by atoms with Crippen LogP contribution in [0.5, 0.6) is 0 Å². The Labute approximate surface area is 110 Å². The minimum Gasteiger partial charge on any atom is -0.394 e. The zero-order valence-corrected chi connectivity index (χ0v) is 10.9. The van der Waals surface area contributed by atoms with Crippen molar-refractivity contribution in [2.75, 3.05) is 12.3 Å². The molecule has 5 N–H and O–H groups in total. The minimum absolute atomic E-state index is 0.134. The maximum absolute atomic E-state index is 11.2. The molecule has 8 heteroatoms. The van der Waals surface area contributed by atoms with E-state index in [0.717, 1.165) is 0 Å². The Morgan fingerprint density at radius 3 is 2.94 bits per heavy atom. The van der Waals surface area contributed by atoms with Gasteiger partial charge in [-0.2, -0.15) is 4.98 Å². The number of aromatic amines is 1. The zero-order chi connectivity index (χ0) is 12.6. The standard InChI is InChI=1S/C9H12IN3O4/c10-6-7(12-9(16)13-8(6)11)4-1-3(15)5(2-14)17-4/h3-5,14-15H,1-2H2,(H3,11,12,13,16)/t3-,4+,5+/m0/s1. The molecular formula is C9H12IN3O4. The molecule has 1 aliphatic rings. The van der Waals surface area contributed by atoms with Crippen LogP contribution in [0.1, 0.15) is 18.2 Å². The molecule has 17 heavy (non-hydrogen) atoms. The largest absolute Gasteiger partial charge is 0.394 e. The number of nitrogens with one attached hydrogen (secondary N) is 1. The summed E-state index contributed by atoms with van der Waals surface area (Å²) in [6, 6.07) is 0. The first-order valence-electron chi connectivity index (χ1n) is 5.02. The Hall–Kier alpha value is -0.710. The molecule has 2 heterocycles. The van der Waals surface area contributed by atoms with Crippen LogP contribution in [0.15, 0.2) is 4.79 Å². The second-order valence-electron chi connectivity index (χ2n) is 3.80. The highest BCUT2D eigenvalue weighted by atomic mass is 127. The molecule has 0 bridgehead atoms. The monoisotopic (exact) mass is 353 g/mol. The van der Waals surface area contributed by atoms with Gasteiger partial charge in [0.1, 0.15) is 18.0 Å². The molecule has 1 fully saturated rings. The van der Waals surface area contributed by atoms with E-state index in [9.17, 15) is 9.90 Å². The van der Waals surface area contributed by atoms with Gasteiger partial charge in [0.15, 0.2) is 0 Å². The number of ether oxygens (including phenoxy) is 1. The summed E-state index contributed by atoms with van der Waals surface area (Å²) < 4.78 is 6.04. The van der Waals surface area contributed by atoms with Gasteiger partial charge in [-0.05, 0) is 22.6 Å². The Morgan fingerprint density at radius 1 is 1.65 bits per heavy atom. The number of hydrogen-bond donors (Lipinski definition) is 4. The van der Waals surface area contributed by atoms with Gasteiger partial charge in [-0.25, -0.2) is 4.79 Å². The van der Waals surface area contributed by atoms with Crippen LogP contribution >= 0.6 is 22.6 Å². The van der Waals surface area contributed by atoms with Crippen molar-refractivity contribution < 1.29 is 14.9 Å². The van der Waals surface area contributed by atoms with Gasteiger partial charge in [-0.15, -0.1) is 0 Å². The highest BCUT2D eigenvalue weighted by Crippen LogP contribution is 2.34. The first-order valence-corrected chi connectivity index (χ1v) is 6.10. The maximum atomic E-state index is 11.2. The van der Waals surface area contributed by atoms with Gasteiger partial charge in [-0.3, -0.25) is 0 Å². The van der Waals surface area contributed by atoms with E-state index in [4.69, 9.17) is 15.6 Å². The quantitative estimate of drug-likeness (QED) is 0.514. The average Bonchev–Trinajstić information content (AvgIpc) is 2.64. The number of halogens is 1. The fourth-order valence-electron chi connectivity index (χ4n) is 1.80. The van der Waals surface area contributed by atoms with Crippen LogP contribution in [0.4, 0.5) is 5.82 Å². The van der Waals surface area contributed by atoms with Gasteiger partial charge >= 0.3 is 5.69 Å². The minimum atomic E-state index is -0.751. The van der Waals surface area contributed by atoms with Crippen molar-refractivity contribution in [3.8, 4) is 0 Å². The molecule has 0 unspecified atom stereocenters. The van der Waals surface area contributed by atoms with Gasteiger partial charge in [-0.1, -0.05) is 0 Å². The van der Waals surface area contributed by atoms with Crippen molar-refractivity contribution in [3.63, 3.8) is 0 Å². The van der Waals surface area contributed by atoms with Gasteiger partial charge in [0.2, 0.25) is 0 Å². The maximum Gasteiger partial charge on any atom is 0.347 e. The first kappa shape index (κ1) is 12.7. The molecule has 0 saturated carbocycles. The van der Waals surface area contributed by atoms with Gasteiger partial charge in [0, 0.05) is 6.42 Å². The van der Waals surface area contributed by atoms with Crippen LogP contribution in [0.3, 0.4) is 0 Å². The number of nitrogens with zero attached hydrogens (tertiary/aromatic N) is 1.